The van der Waals surface area contributed by atoms with Crippen LogP contribution in [-0.2, 0) is 15.0 Å². The third kappa shape index (κ3) is 4.70. The number of hydrogen-bond acceptors (Lipinski definition) is 4. The first kappa shape index (κ1) is 22.5. The summed E-state index contributed by atoms with van der Waals surface area (Å²) >= 11 is 0. The van der Waals surface area contributed by atoms with Gasteiger partial charge in [-0.15, -0.1) is 0 Å². The fourth-order valence-corrected chi connectivity index (χ4v) is 4.64. The second-order valence-corrected chi connectivity index (χ2v) is 9.88. The number of amides is 2. The van der Waals surface area contributed by atoms with E-state index < -0.39 is 6.04 Å². The highest BCUT2D eigenvalue weighted by Gasteiger charge is 2.39. The van der Waals surface area contributed by atoms with Crippen LogP contribution in [0.5, 0.6) is 0 Å². The molecule has 6 heteroatoms. The predicted molar refractivity (Wildman–Crippen MR) is 126 cm³/mol. The topological polar surface area (TPSA) is 65.5 Å². The van der Waals surface area contributed by atoms with E-state index in [2.05, 4.69) is 43.2 Å². The quantitative estimate of drug-likeness (QED) is 0.777. The van der Waals surface area contributed by atoms with E-state index >= 15 is 0 Å². The summed E-state index contributed by atoms with van der Waals surface area (Å²) in [5.41, 5.74) is 2.69. The van der Waals surface area contributed by atoms with Crippen molar-refractivity contribution in [1.82, 2.24) is 15.2 Å². The van der Waals surface area contributed by atoms with Gasteiger partial charge in [-0.25, -0.2) is 0 Å². The molecule has 2 fully saturated rings. The maximum atomic E-state index is 13.8. The molecule has 2 aliphatic rings. The Hall–Kier alpha value is -2.73. The molecule has 1 N–H and O–H groups in total. The van der Waals surface area contributed by atoms with Crippen molar-refractivity contribution in [2.75, 3.05) is 24.5 Å². The average Bonchev–Trinajstić information content (AvgIpc) is 3.51. The Morgan fingerprint density at radius 3 is 2.38 bits per heavy atom. The first-order chi connectivity index (χ1) is 15.4. The molecule has 0 aliphatic carbocycles. The van der Waals surface area contributed by atoms with Crippen molar-refractivity contribution in [3.8, 4) is 0 Å². The number of rotatable bonds is 5. The van der Waals surface area contributed by atoms with Crippen LogP contribution in [0.15, 0.2) is 48.8 Å². The SMILES string of the molecule is CC(C)(C)c1ccc(N(C(=O)[C@H]2CCCN2)C(C(=O)N2CCCC2)c2cccnc2)cc1. The van der Waals surface area contributed by atoms with Gasteiger partial charge in [0.2, 0.25) is 11.8 Å². The molecule has 0 radical (unpaired) electrons. The lowest BCUT2D eigenvalue weighted by Gasteiger charge is -2.35. The highest BCUT2D eigenvalue weighted by Crippen LogP contribution is 2.33. The van der Waals surface area contributed by atoms with Gasteiger partial charge < -0.3 is 10.2 Å². The lowest BCUT2D eigenvalue weighted by atomic mass is 9.87. The number of anilines is 1. The van der Waals surface area contributed by atoms with Crippen LogP contribution >= 0.6 is 0 Å². The van der Waals surface area contributed by atoms with E-state index in [0.29, 0.717) is 0 Å². The summed E-state index contributed by atoms with van der Waals surface area (Å²) in [6.45, 7) is 8.81. The van der Waals surface area contributed by atoms with Gasteiger partial charge in [-0.2, -0.15) is 0 Å². The Morgan fingerprint density at radius 2 is 1.81 bits per heavy atom. The Labute approximate surface area is 191 Å². The highest BCUT2D eigenvalue weighted by atomic mass is 16.2. The summed E-state index contributed by atoms with van der Waals surface area (Å²) in [5.74, 6) is -0.0749. The molecule has 2 aromatic rings. The van der Waals surface area contributed by atoms with Gasteiger partial charge in [-0.1, -0.05) is 39.0 Å². The first-order valence-electron chi connectivity index (χ1n) is 11.7. The summed E-state index contributed by atoms with van der Waals surface area (Å²) in [6.07, 6.45) is 7.17. The molecule has 1 aromatic carbocycles. The molecule has 32 heavy (non-hydrogen) atoms. The zero-order valence-corrected chi connectivity index (χ0v) is 19.4. The van der Waals surface area contributed by atoms with Crippen molar-refractivity contribution < 1.29 is 9.59 Å². The number of likely N-dealkylation sites (tertiary alicyclic amines) is 1. The van der Waals surface area contributed by atoms with Crippen LogP contribution in [0.1, 0.15) is 63.6 Å². The normalized spacial score (nSPS) is 19.7. The molecule has 2 aliphatic heterocycles. The standard InChI is InChI=1S/C26H34N4O2/c1-26(2,3)20-10-12-21(13-11-20)30(24(31)22-9-7-15-28-22)23(19-8-6-14-27-18-19)25(32)29-16-4-5-17-29/h6,8,10-14,18,22-23,28H,4-5,7,9,15-17H2,1-3H3/t22-,23?/m1/s1. The number of aromatic nitrogens is 1. The van der Waals surface area contributed by atoms with Crippen molar-refractivity contribution in [3.63, 3.8) is 0 Å². The minimum absolute atomic E-state index is 0.00843. The number of hydrogen-bond donors (Lipinski definition) is 1. The van der Waals surface area contributed by atoms with Crippen LogP contribution in [0.4, 0.5) is 5.69 Å². The molecule has 170 valence electrons. The fraction of sp³-hybridized carbons (Fsp3) is 0.500. The molecule has 2 amide bonds. The second-order valence-electron chi connectivity index (χ2n) is 9.88. The Bertz CT molecular complexity index is 925. The van der Waals surface area contributed by atoms with Gasteiger partial charge in [-0.3, -0.25) is 19.5 Å². The molecular weight excluding hydrogens is 400 g/mol. The van der Waals surface area contributed by atoms with Crippen LogP contribution in [0, 0.1) is 0 Å². The lowest BCUT2D eigenvalue weighted by Crippen LogP contribution is -2.50. The van der Waals surface area contributed by atoms with Crippen LogP contribution in [0.2, 0.25) is 0 Å². The molecule has 0 spiro atoms. The van der Waals surface area contributed by atoms with Crippen LogP contribution in [-0.4, -0.2) is 47.4 Å². The van der Waals surface area contributed by atoms with Gasteiger partial charge in [0.15, 0.2) is 0 Å². The van der Waals surface area contributed by atoms with Crippen molar-refractivity contribution in [3.05, 3.63) is 59.9 Å². The highest BCUT2D eigenvalue weighted by molar-refractivity contribution is 6.03. The fourth-order valence-electron chi connectivity index (χ4n) is 4.64. The zero-order valence-electron chi connectivity index (χ0n) is 19.4. The van der Waals surface area contributed by atoms with E-state index in [1.54, 1.807) is 17.3 Å². The third-order valence-electron chi connectivity index (χ3n) is 6.52. The number of benzene rings is 1. The van der Waals surface area contributed by atoms with Crippen LogP contribution < -0.4 is 10.2 Å². The van der Waals surface area contributed by atoms with E-state index in [0.717, 1.165) is 56.6 Å². The van der Waals surface area contributed by atoms with Gasteiger partial charge in [-0.05, 0) is 61.4 Å². The van der Waals surface area contributed by atoms with Gasteiger partial charge in [0.05, 0.1) is 6.04 Å². The van der Waals surface area contributed by atoms with Gasteiger partial charge >= 0.3 is 0 Å². The molecule has 3 heterocycles. The largest absolute Gasteiger partial charge is 0.341 e. The number of carbonyl (C=O) groups is 2. The molecule has 1 aromatic heterocycles. The zero-order chi connectivity index (χ0) is 22.7. The van der Waals surface area contributed by atoms with Crippen molar-refractivity contribution in [2.45, 2.75) is 64.0 Å². The summed E-state index contributed by atoms with van der Waals surface area (Å²) in [5, 5.41) is 3.33. The summed E-state index contributed by atoms with van der Waals surface area (Å²) < 4.78 is 0. The number of carbonyl (C=O) groups excluding carboxylic acids is 2. The number of nitrogens with one attached hydrogen (secondary N) is 1. The first-order valence-corrected chi connectivity index (χ1v) is 11.7. The number of pyridine rings is 1. The molecule has 0 saturated carbocycles. The summed E-state index contributed by atoms with van der Waals surface area (Å²) in [4.78, 5) is 35.5. The molecule has 1 unspecified atom stereocenters. The minimum atomic E-state index is -0.725. The second kappa shape index (κ2) is 9.41. The lowest BCUT2D eigenvalue weighted by molar-refractivity contribution is -0.134. The van der Waals surface area contributed by atoms with E-state index in [1.807, 2.05) is 29.2 Å². The summed E-state index contributed by atoms with van der Waals surface area (Å²) in [6, 6.07) is 10.8. The molecular formula is C26H34N4O2. The molecule has 6 nitrogen and oxygen atoms in total. The van der Waals surface area contributed by atoms with Crippen molar-refractivity contribution >= 4 is 17.5 Å². The summed E-state index contributed by atoms with van der Waals surface area (Å²) in [7, 11) is 0. The Balaban J connectivity index is 1.79. The van der Waals surface area contributed by atoms with E-state index in [-0.39, 0.29) is 23.3 Å². The third-order valence-corrected chi connectivity index (χ3v) is 6.52. The van der Waals surface area contributed by atoms with Crippen LogP contribution in [0.25, 0.3) is 0 Å². The van der Waals surface area contributed by atoms with Gasteiger partial charge in [0, 0.05) is 36.7 Å². The van der Waals surface area contributed by atoms with Crippen molar-refractivity contribution in [2.24, 2.45) is 0 Å². The Kier molecular flexibility index (Phi) is 6.60. The maximum absolute atomic E-state index is 13.8. The van der Waals surface area contributed by atoms with Crippen LogP contribution in [0.3, 0.4) is 0 Å². The molecule has 2 saturated heterocycles. The monoisotopic (exact) mass is 434 g/mol. The van der Waals surface area contributed by atoms with Gasteiger partial charge in [0.25, 0.3) is 0 Å². The number of nitrogens with zero attached hydrogens (tertiary/aromatic N) is 3. The minimum Gasteiger partial charge on any atom is -0.341 e. The predicted octanol–water partition coefficient (Wildman–Crippen LogP) is 3.83. The maximum Gasteiger partial charge on any atom is 0.250 e. The van der Waals surface area contributed by atoms with Crippen molar-refractivity contribution in [1.29, 1.82) is 0 Å². The molecule has 0 bridgehead atoms. The average molecular weight is 435 g/mol. The van der Waals surface area contributed by atoms with E-state index in [9.17, 15) is 9.59 Å². The molecule has 4 rings (SSSR count). The molecule has 2 atom stereocenters. The van der Waals surface area contributed by atoms with Gasteiger partial charge in [0.1, 0.15) is 6.04 Å². The van der Waals surface area contributed by atoms with E-state index in [4.69, 9.17) is 0 Å². The van der Waals surface area contributed by atoms with E-state index in [1.165, 1.54) is 5.56 Å². The smallest absolute Gasteiger partial charge is 0.250 e. The Morgan fingerprint density at radius 1 is 1.09 bits per heavy atom.